The highest BCUT2D eigenvalue weighted by Crippen LogP contribution is 2.09. The van der Waals surface area contributed by atoms with E-state index in [1.165, 1.54) is 5.56 Å². The van der Waals surface area contributed by atoms with Crippen LogP contribution in [0.3, 0.4) is 0 Å². The monoisotopic (exact) mass is 313 g/mol. The molecule has 2 aromatic carbocycles. The van der Waals surface area contributed by atoms with Crippen LogP contribution in [0.1, 0.15) is 22.3 Å². The fraction of sp³-hybridized carbons (Fsp3) is 0.176. The second-order valence-corrected chi connectivity index (χ2v) is 5.32. The number of primary amides is 1. The Kier molecular flexibility index (Phi) is 5.91. The van der Waals surface area contributed by atoms with E-state index in [9.17, 15) is 4.79 Å². The van der Waals surface area contributed by atoms with Crippen LogP contribution in [0.2, 0.25) is 0 Å². The smallest absolute Gasteiger partial charge is 0.248 e. The molecule has 0 aliphatic heterocycles. The van der Waals surface area contributed by atoms with E-state index in [4.69, 9.17) is 18.0 Å². The van der Waals surface area contributed by atoms with Gasteiger partial charge in [0.25, 0.3) is 0 Å². The first kappa shape index (κ1) is 16.0. The molecule has 0 unspecified atom stereocenters. The molecule has 0 aliphatic carbocycles. The molecule has 0 spiro atoms. The van der Waals surface area contributed by atoms with E-state index < -0.39 is 5.91 Å². The summed E-state index contributed by atoms with van der Waals surface area (Å²) in [4.78, 5) is 11.0. The third kappa shape index (κ3) is 5.18. The lowest BCUT2D eigenvalue weighted by molar-refractivity contribution is 0.100. The molecule has 0 heterocycles. The molecule has 1 amide bonds. The predicted octanol–water partition coefficient (Wildman–Crippen LogP) is 2.70. The van der Waals surface area contributed by atoms with Crippen molar-refractivity contribution < 1.29 is 4.79 Å². The van der Waals surface area contributed by atoms with Gasteiger partial charge in [0.2, 0.25) is 5.91 Å². The Bertz CT molecular complexity index is 626. The van der Waals surface area contributed by atoms with Crippen LogP contribution >= 0.6 is 12.2 Å². The summed E-state index contributed by atoms with van der Waals surface area (Å²) in [6, 6.07) is 17.2. The Morgan fingerprint density at radius 3 is 2.36 bits per heavy atom. The van der Waals surface area contributed by atoms with Crippen LogP contribution in [-0.2, 0) is 6.42 Å². The fourth-order valence-electron chi connectivity index (χ4n) is 2.03. The molecular formula is C17H19N3OS. The summed E-state index contributed by atoms with van der Waals surface area (Å²) >= 11 is 5.24. The van der Waals surface area contributed by atoms with Gasteiger partial charge in [-0.2, -0.15) is 0 Å². The molecule has 0 atom stereocenters. The average Bonchev–Trinajstić information content (AvgIpc) is 2.53. The standard InChI is InChI=1S/C17H19N3OS/c18-16(21)14-8-10-15(11-9-14)20-17(22)19-12-4-7-13-5-2-1-3-6-13/h1-3,5-6,8-11H,4,7,12H2,(H2,18,21)(H2,19,20,22). The van der Waals surface area contributed by atoms with Gasteiger partial charge < -0.3 is 16.4 Å². The van der Waals surface area contributed by atoms with Gasteiger partial charge in [-0.25, -0.2) is 0 Å². The number of rotatable bonds is 6. The van der Waals surface area contributed by atoms with Crippen molar-refractivity contribution in [2.24, 2.45) is 5.73 Å². The Balaban J connectivity index is 1.70. The van der Waals surface area contributed by atoms with E-state index in [2.05, 4.69) is 22.8 Å². The minimum absolute atomic E-state index is 0.437. The van der Waals surface area contributed by atoms with Gasteiger partial charge in [-0.1, -0.05) is 30.3 Å². The Morgan fingerprint density at radius 1 is 1.05 bits per heavy atom. The molecule has 0 aromatic heterocycles. The summed E-state index contributed by atoms with van der Waals surface area (Å²) in [5.41, 5.74) is 7.82. The Hall–Kier alpha value is -2.40. The first-order valence-corrected chi connectivity index (χ1v) is 7.54. The lowest BCUT2D eigenvalue weighted by Crippen LogP contribution is -2.29. The first-order chi connectivity index (χ1) is 10.6. The van der Waals surface area contributed by atoms with Crippen molar-refractivity contribution in [3.05, 3.63) is 65.7 Å². The maximum Gasteiger partial charge on any atom is 0.248 e. The lowest BCUT2D eigenvalue weighted by Gasteiger charge is -2.10. The third-order valence-corrected chi connectivity index (χ3v) is 3.44. The number of thiocarbonyl (C=S) groups is 1. The van der Waals surface area contributed by atoms with Crippen molar-refractivity contribution in [1.82, 2.24) is 5.32 Å². The number of hydrogen-bond acceptors (Lipinski definition) is 2. The van der Waals surface area contributed by atoms with Gasteiger partial charge in [0.05, 0.1) is 0 Å². The summed E-state index contributed by atoms with van der Waals surface area (Å²) in [5, 5.41) is 6.81. The fourth-order valence-corrected chi connectivity index (χ4v) is 2.25. The highest BCUT2D eigenvalue weighted by atomic mass is 32.1. The van der Waals surface area contributed by atoms with Crippen LogP contribution in [0, 0.1) is 0 Å². The zero-order valence-electron chi connectivity index (χ0n) is 12.2. The molecule has 114 valence electrons. The molecule has 4 N–H and O–H groups in total. The molecule has 2 aromatic rings. The van der Waals surface area contributed by atoms with Gasteiger partial charge in [-0.05, 0) is 54.9 Å². The number of nitrogens with two attached hydrogens (primary N) is 1. The summed E-state index contributed by atoms with van der Waals surface area (Å²) in [6.45, 7) is 0.806. The minimum Gasteiger partial charge on any atom is -0.366 e. The van der Waals surface area contributed by atoms with Gasteiger partial charge in [0.1, 0.15) is 0 Å². The molecule has 2 rings (SSSR count). The molecular weight excluding hydrogens is 294 g/mol. The van der Waals surface area contributed by atoms with Gasteiger partial charge in [-0.15, -0.1) is 0 Å². The number of benzene rings is 2. The van der Waals surface area contributed by atoms with Gasteiger partial charge in [-0.3, -0.25) is 4.79 Å². The first-order valence-electron chi connectivity index (χ1n) is 7.14. The molecule has 5 heteroatoms. The number of nitrogens with one attached hydrogen (secondary N) is 2. The van der Waals surface area contributed by atoms with E-state index in [0.717, 1.165) is 25.1 Å². The molecule has 0 radical (unpaired) electrons. The lowest BCUT2D eigenvalue weighted by atomic mass is 10.1. The maximum atomic E-state index is 11.0. The summed E-state index contributed by atoms with van der Waals surface area (Å²) in [6.07, 6.45) is 2.02. The van der Waals surface area contributed by atoms with Crippen LogP contribution in [0.5, 0.6) is 0 Å². The largest absolute Gasteiger partial charge is 0.366 e. The van der Waals surface area contributed by atoms with Crippen LogP contribution in [0.15, 0.2) is 54.6 Å². The van der Waals surface area contributed by atoms with Crippen molar-refractivity contribution in [2.45, 2.75) is 12.8 Å². The van der Waals surface area contributed by atoms with Crippen LogP contribution in [0.4, 0.5) is 5.69 Å². The second kappa shape index (κ2) is 8.14. The number of carbonyl (C=O) groups excluding carboxylic acids is 1. The Labute approximate surface area is 135 Å². The van der Waals surface area contributed by atoms with Crippen molar-refractivity contribution in [3.8, 4) is 0 Å². The van der Waals surface area contributed by atoms with Crippen molar-refractivity contribution in [2.75, 3.05) is 11.9 Å². The van der Waals surface area contributed by atoms with Gasteiger partial charge >= 0.3 is 0 Å². The normalized spacial score (nSPS) is 10.0. The molecule has 22 heavy (non-hydrogen) atoms. The quantitative estimate of drug-likeness (QED) is 0.566. The van der Waals surface area contributed by atoms with Crippen molar-refractivity contribution >= 4 is 28.9 Å². The SMILES string of the molecule is NC(=O)c1ccc(NC(=S)NCCCc2ccccc2)cc1. The average molecular weight is 313 g/mol. The Morgan fingerprint density at radius 2 is 1.73 bits per heavy atom. The molecule has 0 saturated heterocycles. The predicted molar refractivity (Wildman–Crippen MR) is 93.9 cm³/mol. The summed E-state index contributed by atoms with van der Waals surface area (Å²) < 4.78 is 0. The topological polar surface area (TPSA) is 67.2 Å². The number of hydrogen-bond donors (Lipinski definition) is 3. The summed E-state index contributed by atoms with van der Waals surface area (Å²) in [5.74, 6) is -0.437. The van der Waals surface area contributed by atoms with E-state index in [1.54, 1.807) is 24.3 Å². The zero-order chi connectivity index (χ0) is 15.8. The molecule has 0 bridgehead atoms. The van der Waals surface area contributed by atoms with Crippen LogP contribution in [0.25, 0.3) is 0 Å². The second-order valence-electron chi connectivity index (χ2n) is 4.91. The number of anilines is 1. The maximum absolute atomic E-state index is 11.0. The highest BCUT2D eigenvalue weighted by molar-refractivity contribution is 7.80. The van der Waals surface area contributed by atoms with Crippen LogP contribution < -0.4 is 16.4 Å². The van der Waals surface area contributed by atoms with E-state index in [0.29, 0.717) is 10.7 Å². The number of aryl methyl sites for hydroxylation is 1. The molecule has 0 fully saturated rings. The molecule has 0 aliphatic rings. The van der Waals surface area contributed by atoms with Crippen molar-refractivity contribution in [3.63, 3.8) is 0 Å². The number of carbonyl (C=O) groups is 1. The van der Waals surface area contributed by atoms with E-state index in [1.807, 2.05) is 18.2 Å². The molecule has 0 saturated carbocycles. The van der Waals surface area contributed by atoms with E-state index >= 15 is 0 Å². The van der Waals surface area contributed by atoms with E-state index in [-0.39, 0.29) is 0 Å². The minimum atomic E-state index is -0.437. The number of amides is 1. The molecule has 4 nitrogen and oxygen atoms in total. The van der Waals surface area contributed by atoms with Crippen LogP contribution in [-0.4, -0.2) is 17.6 Å². The van der Waals surface area contributed by atoms with Gasteiger partial charge in [0.15, 0.2) is 5.11 Å². The third-order valence-electron chi connectivity index (χ3n) is 3.20. The highest BCUT2D eigenvalue weighted by Gasteiger charge is 2.01. The van der Waals surface area contributed by atoms with Crippen molar-refractivity contribution in [1.29, 1.82) is 0 Å². The van der Waals surface area contributed by atoms with Gasteiger partial charge in [0, 0.05) is 17.8 Å². The zero-order valence-corrected chi connectivity index (χ0v) is 13.0. The summed E-state index contributed by atoms with van der Waals surface area (Å²) in [7, 11) is 0.